The lowest BCUT2D eigenvalue weighted by Crippen LogP contribution is -2.32. The molecule has 1 aliphatic rings. The number of hydrogen-bond donors (Lipinski definition) is 0. The second-order valence-electron chi connectivity index (χ2n) is 5.09. The summed E-state index contributed by atoms with van der Waals surface area (Å²) in [6.45, 7) is 3.21. The Kier molecular flexibility index (Phi) is 3.34. The number of benzene rings is 1. The molecule has 1 saturated heterocycles. The lowest BCUT2D eigenvalue weighted by atomic mass is 10.1. The average molecular weight is 258 g/mol. The third kappa shape index (κ3) is 2.40. The highest BCUT2D eigenvalue weighted by Crippen LogP contribution is 2.16. The van der Waals surface area contributed by atoms with Crippen molar-refractivity contribution in [3.63, 3.8) is 0 Å². The lowest BCUT2D eigenvalue weighted by Gasteiger charge is -2.24. The van der Waals surface area contributed by atoms with E-state index in [9.17, 15) is 4.79 Å². The number of para-hydroxylation sites is 2. The van der Waals surface area contributed by atoms with Gasteiger partial charge in [0.15, 0.2) is 0 Å². The Morgan fingerprint density at radius 2 is 2.21 bits per heavy atom. The minimum atomic E-state index is -0.00660. The smallest absolute Gasteiger partial charge is 0.272 e. The fraction of sp³-hybridized carbons (Fsp3) is 0.467. The molecule has 4 nitrogen and oxygen atoms in total. The van der Waals surface area contributed by atoms with Crippen molar-refractivity contribution in [1.29, 1.82) is 0 Å². The monoisotopic (exact) mass is 258 g/mol. The fourth-order valence-corrected chi connectivity index (χ4v) is 2.66. The van der Waals surface area contributed by atoms with Gasteiger partial charge in [-0.2, -0.15) is 0 Å². The molecule has 3 rings (SSSR count). The van der Waals surface area contributed by atoms with Gasteiger partial charge in [0.1, 0.15) is 5.69 Å². The van der Waals surface area contributed by atoms with Gasteiger partial charge >= 0.3 is 0 Å². The largest absolute Gasteiger partial charge is 0.376 e. The summed E-state index contributed by atoms with van der Waals surface area (Å²) in [5.41, 5.74) is 2.31. The van der Waals surface area contributed by atoms with Gasteiger partial charge in [0.05, 0.1) is 23.7 Å². The van der Waals surface area contributed by atoms with Crippen LogP contribution in [0.15, 0.2) is 29.1 Å². The Morgan fingerprint density at radius 3 is 3.00 bits per heavy atom. The predicted molar refractivity (Wildman–Crippen MR) is 74.3 cm³/mol. The minimum absolute atomic E-state index is 0.00660. The van der Waals surface area contributed by atoms with Gasteiger partial charge in [0.2, 0.25) is 0 Å². The Hall–Kier alpha value is -1.68. The first kappa shape index (κ1) is 12.4. The van der Waals surface area contributed by atoms with E-state index in [1.165, 1.54) is 6.42 Å². The van der Waals surface area contributed by atoms with Crippen LogP contribution in [0.2, 0.25) is 0 Å². The normalized spacial score (nSPS) is 19.7. The summed E-state index contributed by atoms with van der Waals surface area (Å²) in [5.74, 6) is 0. The lowest BCUT2D eigenvalue weighted by molar-refractivity contribution is 0.00610. The maximum absolute atomic E-state index is 12.3. The summed E-state index contributed by atoms with van der Waals surface area (Å²) < 4.78 is 7.56. The predicted octanol–water partition coefficient (Wildman–Crippen LogP) is 2.27. The number of hydrogen-bond acceptors (Lipinski definition) is 3. The Morgan fingerprint density at radius 1 is 1.37 bits per heavy atom. The van der Waals surface area contributed by atoms with Crippen LogP contribution in [0.1, 0.15) is 25.0 Å². The van der Waals surface area contributed by atoms with E-state index in [1.54, 1.807) is 6.92 Å². The topological polar surface area (TPSA) is 44.1 Å². The molecular formula is C15H18N2O2. The number of nitrogens with zero attached hydrogens (tertiary/aromatic N) is 2. The van der Waals surface area contributed by atoms with E-state index in [0.29, 0.717) is 12.2 Å². The summed E-state index contributed by atoms with van der Waals surface area (Å²) in [6.07, 6.45) is 3.49. The van der Waals surface area contributed by atoms with Gasteiger partial charge in [-0.15, -0.1) is 0 Å². The molecule has 4 heteroatoms. The molecular weight excluding hydrogens is 240 g/mol. The van der Waals surface area contributed by atoms with Crippen LogP contribution in [0.5, 0.6) is 0 Å². The van der Waals surface area contributed by atoms with Crippen molar-refractivity contribution in [2.75, 3.05) is 6.61 Å². The van der Waals surface area contributed by atoms with E-state index in [1.807, 2.05) is 28.8 Å². The summed E-state index contributed by atoms with van der Waals surface area (Å²) in [5, 5.41) is 0. The molecule has 2 heterocycles. The number of fused-ring (bicyclic) bond motifs is 1. The second kappa shape index (κ2) is 5.13. The zero-order valence-corrected chi connectivity index (χ0v) is 11.1. The molecule has 19 heavy (non-hydrogen) atoms. The van der Waals surface area contributed by atoms with Gasteiger partial charge in [0, 0.05) is 6.61 Å². The standard InChI is InChI=1S/C15H18N2O2/c1-11-15(18)17(10-12-6-4-5-9-19-12)14-8-3-2-7-13(14)16-11/h2-3,7-8,12H,4-6,9-10H2,1H3/t12-/m1/s1. The highest BCUT2D eigenvalue weighted by molar-refractivity contribution is 5.74. The molecule has 0 unspecified atom stereocenters. The molecule has 0 bridgehead atoms. The molecule has 1 aromatic carbocycles. The van der Waals surface area contributed by atoms with E-state index < -0.39 is 0 Å². The quantitative estimate of drug-likeness (QED) is 0.830. The third-order valence-electron chi connectivity index (χ3n) is 3.68. The zero-order valence-electron chi connectivity index (χ0n) is 11.1. The molecule has 0 aliphatic carbocycles. The van der Waals surface area contributed by atoms with Crippen molar-refractivity contribution in [1.82, 2.24) is 9.55 Å². The molecule has 1 aliphatic heterocycles. The number of rotatable bonds is 2. The SMILES string of the molecule is Cc1nc2ccccc2n(C[C@H]2CCCCO2)c1=O. The molecule has 0 saturated carbocycles. The van der Waals surface area contributed by atoms with Crippen molar-refractivity contribution in [2.24, 2.45) is 0 Å². The maximum atomic E-state index is 12.3. The molecule has 0 N–H and O–H groups in total. The van der Waals surface area contributed by atoms with E-state index in [0.717, 1.165) is 30.5 Å². The van der Waals surface area contributed by atoms with Gasteiger partial charge in [-0.25, -0.2) is 4.98 Å². The Bertz CT molecular complexity index is 642. The highest BCUT2D eigenvalue weighted by Gasteiger charge is 2.17. The van der Waals surface area contributed by atoms with Gasteiger partial charge in [-0.3, -0.25) is 4.79 Å². The summed E-state index contributed by atoms with van der Waals surface area (Å²) >= 11 is 0. The summed E-state index contributed by atoms with van der Waals surface area (Å²) in [6, 6.07) is 7.78. The third-order valence-corrected chi connectivity index (χ3v) is 3.68. The van der Waals surface area contributed by atoms with Crippen LogP contribution in [0.25, 0.3) is 11.0 Å². The van der Waals surface area contributed by atoms with Gasteiger partial charge in [-0.05, 0) is 38.3 Å². The highest BCUT2D eigenvalue weighted by atomic mass is 16.5. The summed E-state index contributed by atoms with van der Waals surface area (Å²) in [7, 11) is 0. The first-order valence-corrected chi connectivity index (χ1v) is 6.83. The molecule has 1 fully saturated rings. The van der Waals surface area contributed by atoms with Crippen molar-refractivity contribution in [3.05, 3.63) is 40.3 Å². The van der Waals surface area contributed by atoms with Crippen molar-refractivity contribution < 1.29 is 4.74 Å². The van der Waals surface area contributed by atoms with Crippen molar-refractivity contribution in [3.8, 4) is 0 Å². The molecule has 2 aromatic rings. The maximum Gasteiger partial charge on any atom is 0.272 e. The number of aromatic nitrogens is 2. The van der Waals surface area contributed by atoms with E-state index in [4.69, 9.17) is 4.74 Å². The van der Waals surface area contributed by atoms with E-state index >= 15 is 0 Å². The fourth-order valence-electron chi connectivity index (χ4n) is 2.66. The Labute approximate surface area is 112 Å². The Balaban J connectivity index is 2.05. The molecule has 1 atom stereocenters. The van der Waals surface area contributed by atoms with E-state index in [-0.39, 0.29) is 11.7 Å². The van der Waals surface area contributed by atoms with Gasteiger partial charge in [-0.1, -0.05) is 12.1 Å². The number of aryl methyl sites for hydroxylation is 1. The molecule has 1 aromatic heterocycles. The molecule has 0 amide bonds. The molecule has 0 radical (unpaired) electrons. The van der Waals surface area contributed by atoms with Crippen LogP contribution in [0.4, 0.5) is 0 Å². The summed E-state index contributed by atoms with van der Waals surface area (Å²) in [4.78, 5) is 16.7. The van der Waals surface area contributed by atoms with Crippen LogP contribution < -0.4 is 5.56 Å². The van der Waals surface area contributed by atoms with Crippen LogP contribution in [-0.4, -0.2) is 22.3 Å². The van der Waals surface area contributed by atoms with Crippen molar-refractivity contribution >= 4 is 11.0 Å². The van der Waals surface area contributed by atoms with Crippen LogP contribution in [0, 0.1) is 6.92 Å². The van der Waals surface area contributed by atoms with Gasteiger partial charge in [0.25, 0.3) is 5.56 Å². The number of ether oxygens (including phenoxy) is 1. The van der Waals surface area contributed by atoms with Gasteiger partial charge < -0.3 is 9.30 Å². The molecule has 100 valence electrons. The molecule has 0 spiro atoms. The van der Waals surface area contributed by atoms with Crippen LogP contribution >= 0.6 is 0 Å². The first-order valence-electron chi connectivity index (χ1n) is 6.83. The van der Waals surface area contributed by atoms with Crippen LogP contribution in [0.3, 0.4) is 0 Å². The minimum Gasteiger partial charge on any atom is -0.376 e. The van der Waals surface area contributed by atoms with E-state index in [2.05, 4.69) is 4.98 Å². The van der Waals surface area contributed by atoms with Crippen LogP contribution in [-0.2, 0) is 11.3 Å². The zero-order chi connectivity index (χ0) is 13.2. The second-order valence-corrected chi connectivity index (χ2v) is 5.09. The average Bonchev–Trinajstić information content (AvgIpc) is 2.45. The first-order chi connectivity index (χ1) is 9.25. The van der Waals surface area contributed by atoms with Crippen molar-refractivity contribution in [2.45, 2.75) is 38.8 Å².